The number of hydrogen-bond acceptors (Lipinski definition) is 5. The van der Waals surface area contributed by atoms with Gasteiger partial charge in [-0.1, -0.05) is 29.8 Å². The van der Waals surface area contributed by atoms with Crippen LogP contribution in [0.5, 0.6) is 0 Å². The van der Waals surface area contributed by atoms with Crippen LogP contribution in [0.15, 0.2) is 53.1 Å². The fourth-order valence-electron chi connectivity index (χ4n) is 2.17. The first-order chi connectivity index (χ1) is 11.2. The van der Waals surface area contributed by atoms with Gasteiger partial charge in [0.1, 0.15) is 23.2 Å². The molecule has 6 heteroatoms. The molecule has 0 radical (unpaired) electrons. The molecular weight excluding hydrogens is 312 g/mol. The van der Waals surface area contributed by atoms with Crippen LogP contribution in [0.4, 0.5) is 11.6 Å². The van der Waals surface area contributed by atoms with Gasteiger partial charge < -0.3 is 15.1 Å². The molecule has 118 valence electrons. The van der Waals surface area contributed by atoms with E-state index in [9.17, 15) is 0 Å². The maximum atomic E-state index is 6.16. The molecule has 2 N–H and O–H groups in total. The Balaban J connectivity index is 1.66. The van der Waals surface area contributed by atoms with E-state index in [0.717, 1.165) is 28.0 Å². The van der Waals surface area contributed by atoms with E-state index in [4.69, 9.17) is 16.0 Å². The predicted molar refractivity (Wildman–Crippen MR) is 91.6 cm³/mol. The van der Waals surface area contributed by atoms with Gasteiger partial charge >= 0.3 is 0 Å². The Hall–Kier alpha value is -2.53. The molecule has 0 amide bonds. The molecule has 0 unspecified atom stereocenters. The van der Waals surface area contributed by atoms with E-state index < -0.39 is 0 Å². The molecular formula is C17H17ClN4O. The minimum absolute atomic E-state index is 0.577. The third-order valence-corrected chi connectivity index (χ3v) is 3.65. The van der Waals surface area contributed by atoms with Gasteiger partial charge in [0.05, 0.1) is 12.8 Å². The maximum absolute atomic E-state index is 6.16. The smallest absolute Gasteiger partial charge is 0.132 e. The predicted octanol–water partition coefficient (Wildman–Crippen LogP) is 4.26. The maximum Gasteiger partial charge on any atom is 0.132 e. The summed E-state index contributed by atoms with van der Waals surface area (Å²) in [6.07, 6.45) is 1.65. The van der Waals surface area contributed by atoms with Crippen molar-refractivity contribution in [2.45, 2.75) is 20.0 Å². The van der Waals surface area contributed by atoms with Crippen LogP contribution < -0.4 is 10.6 Å². The molecule has 0 spiro atoms. The van der Waals surface area contributed by atoms with Gasteiger partial charge in [-0.3, -0.25) is 0 Å². The van der Waals surface area contributed by atoms with Gasteiger partial charge in [-0.15, -0.1) is 0 Å². The van der Waals surface area contributed by atoms with Crippen molar-refractivity contribution in [3.63, 3.8) is 0 Å². The zero-order valence-corrected chi connectivity index (χ0v) is 13.5. The summed E-state index contributed by atoms with van der Waals surface area (Å²) in [4.78, 5) is 8.77. The Morgan fingerprint density at radius 2 is 1.74 bits per heavy atom. The van der Waals surface area contributed by atoms with E-state index in [1.807, 2.05) is 49.4 Å². The fourth-order valence-corrected chi connectivity index (χ4v) is 2.37. The molecule has 3 aromatic rings. The lowest BCUT2D eigenvalue weighted by Gasteiger charge is -2.10. The Morgan fingerprint density at radius 1 is 1.00 bits per heavy atom. The largest absolute Gasteiger partial charge is 0.467 e. The summed E-state index contributed by atoms with van der Waals surface area (Å²) < 4.78 is 5.30. The minimum atomic E-state index is 0.577. The van der Waals surface area contributed by atoms with Crippen molar-refractivity contribution in [1.82, 2.24) is 9.97 Å². The van der Waals surface area contributed by atoms with Crippen LogP contribution in [0.2, 0.25) is 5.02 Å². The lowest BCUT2D eigenvalue weighted by Crippen LogP contribution is -2.07. The number of benzene rings is 1. The Bertz CT molecular complexity index is 774. The molecule has 3 rings (SSSR count). The van der Waals surface area contributed by atoms with Gasteiger partial charge in [0.25, 0.3) is 0 Å². The third kappa shape index (κ3) is 4.23. The van der Waals surface area contributed by atoms with Crippen molar-refractivity contribution in [2.24, 2.45) is 0 Å². The highest BCUT2D eigenvalue weighted by molar-refractivity contribution is 6.31. The number of nitrogens with one attached hydrogen (secondary N) is 2. The lowest BCUT2D eigenvalue weighted by atomic mass is 10.2. The molecule has 0 atom stereocenters. The number of furan rings is 1. The van der Waals surface area contributed by atoms with Gasteiger partial charge in [0.2, 0.25) is 0 Å². The van der Waals surface area contributed by atoms with Gasteiger partial charge in [-0.25, -0.2) is 9.97 Å². The topological polar surface area (TPSA) is 63.0 Å². The molecule has 23 heavy (non-hydrogen) atoms. The second kappa shape index (κ2) is 7.15. The van der Waals surface area contributed by atoms with E-state index in [2.05, 4.69) is 20.6 Å². The summed E-state index contributed by atoms with van der Waals surface area (Å²) in [7, 11) is 0. The fraction of sp³-hybridized carbons (Fsp3) is 0.176. The molecule has 0 aliphatic heterocycles. The Kier molecular flexibility index (Phi) is 4.78. The number of aromatic nitrogens is 2. The quantitative estimate of drug-likeness (QED) is 0.708. The summed E-state index contributed by atoms with van der Waals surface area (Å²) in [6.45, 7) is 3.04. The zero-order valence-electron chi connectivity index (χ0n) is 12.7. The van der Waals surface area contributed by atoms with E-state index in [0.29, 0.717) is 18.9 Å². The van der Waals surface area contributed by atoms with Gasteiger partial charge in [0.15, 0.2) is 0 Å². The summed E-state index contributed by atoms with van der Waals surface area (Å²) >= 11 is 6.16. The zero-order chi connectivity index (χ0) is 16.1. The average Bonchev–Trinajstić information content (AvgIpc) is 3.05. The van der Waals surface area contributed by atoms with Crippen molar-refractivity contribution >= 4 is 23.2 Å². The third-order valence-electron chi connectivity index (χ3n) is 3.28. The van der Waals surface area contributed by atoms with Crippen molar-refractivity contribution in [3.05, 3.63) is 70.9 Å². The first-order valence-electron chi connectivity index (χ1n) is 7.30. The highest BCUT2D eigenvalue weighted by Crippen LogP contribution is 2.18. The molecule has 2 heterocycles. The molecule has 0 bridgehead atoms. The van der Waals surface area contributed by atoms with Crippen LogP contribution in [0.1, 0.15) is 17.1 Å². The molecule has 0 aliphatic carbocycles. The van der Waals surface area contributed by atoms with Gasteiger partial charge in [0, 0.05) is 17.6 Å². The SMILES string of the molecule is Cc1nc(NCc2ccco2)cc(NCc2ccccc2Cl)n1. The summed E-state index contributed by atoms with van der Waals surface area (Å²) in [5.41, 5.74) is 1.02. The molecule has 0 aliphatic rings. The molecule has 1 aromatic carbocycles. The summed E-state index contributed by atoms with van der Waals surface area (Å²) in [5, 5.41) is 7.24. The molecule has 0 fully saturated rings. The molecule has 0 saturated heterocycles. The lowest BCUT2D eigenvalue weighted by molar-refractivity contribution is 0.518. The highest BCUT2D eigenvalue weighted by Gasteiger charge is 2.04. The van der Waals surface area contributed by atoms with Crippen LogP contribution in [0.3, 0.4) is 0 Å². The summed E-state index contributed by atoms with van der Waals surface area (Å²) in [5.74, 6) is 3.04. The monoisotopic (exact) mass is 328 g/mol. The standard InChI is InChI=1S/C17H17ClN4O/c1-12-21-16(19-10-13-5-2-3-7-15(13)18)9-17(22-12)20-11-14-6-4-8-23-14/h2-9H,10-11H2,1H3,(H2,19,20,21,22). The molecule has 2 aromatic heterocycles. The van der Waals surface area contributed by atoms with E-state index in [-0.39, 0.29) is 0 Å². The number of rotatable bonds is 6. The number of halogens is 1. The number of anilines is 2. The van der Waals surface area contributed by atoms with E-state index in [1.165, 1.54) is 0 Å². The Morgan fingerprint density at radius 3 is 2.43 bits per heavy atom. The normalized spacial score (nSPS) is 10.5. The highest BCUT2D eigenvalue weighted by atomic mass is 35.5. The van der Waals surface area contributed by atoms with Crippen LogP contribution in [0.25, 0.3) is 0 Å². The second-order valence-electron chi connectivity index (χ2n) is 5.06. The van der Waals surface area contributed by atoms with E-state index >= 15 is 0 Å². The number of nitrogens with zero attached hydrogens (tertiary/aromatic N) is 2. The number of hydrogen-bond donors (Lipinski definition) is 2. The van der Waals surface area contributed by atoms with E-state index in [1.54, 1.807) is 6.26 Å². The van der Waals surface area contributed by atoms with Crippen molar-refractivity contribution in [2.75, 3.05) is 10.6 Å². The number of aryl methyl sites for hydroxylation is 1. The molecule has 5 nitrogen and oxygen atoms in total. The van der Waals surface area contributed by atoms with Crippen molar-refractivity contribution in [3.8, 4) is 0 Å². The van der Waals surface area contributed by atoms with Crippen molar-refractivity contribution in [1.29, 1.82) is 0 Å². The Labute approximate surface area is 139 Å². The van der Waals surface area contributed by atoms with Crippen LogP contribution in [0, 0.1) is 6.92 Å². The van der Waals surface area contributed by atoms with Gasteiger partial charge in [-0.2, -0.15) is 0 Å². The summed E-state index contributed by atoms with van der Waals surface area (Å²) in [6, 6.07) is 13.4. The average molecular weight is 329 g/mol. The van der Waals surface area contributed by atoms with Crippen LogP contribution >= 0.6 is 11.6 Å². The second-order valence-corrected chi connectivity index (χ2v) is 5.47. The first-order valence-corrected chi connectivity index (χ1v) is 7.68. The minimum Gasteiger partial charge on any atom is -0.467 e. The van der Waals surface area contributed by atoms with Crippen LogP contribution in [-0.4, -0.2) is 9.97 Å². The van der Waals surface area contributed by atoms with Gasteiger partial charge in [-0.05, 0) is 30.7 Å². The molecule has 0 saturated carbocycles. The van der Waals surface area contributed by atoms with Crippen LogP contribution in [-0.2, 0) is 13.1 Å². The van der Waals surface area contributed by atoms with Crippen molar-refractivity contribution < 1.29 is 4.42 Å². The first kappa shape index (κ1) is 15.4.